The summed E-state index contributed by atoms with van der Waals surface area (Å²) in [5.74, 6) is 2.07. The van der Waals surface area contributed by atoms with E-state index in [-0.39, 0.29) is 11.8 Å². The molecule has 1 atom stereocenters. The Morgan fingerprint density at radius 2 is 1.83 bits per heavy atom. The highest BCUT2D eigenvalue weighted by Crippen LogP contribution is 2.21. The summed E-state index contributed by atoms with van der Waals surface area (Å²) < 4.78 is 0. The van der Waals surface area contributed by atoms with Gasteiger partial charge in [-0.15, -0.1) is 0 Å². The van der Waals surface area contributed by atoms with E-state index >= 15 is 0 Å². The standard InChI is InChI=1S/C22H32N4O2S/c27-21(17-26-10-4-7-20(26)16-24-8-1-2-9-24)23-19-6-3-5-18(15-19)22(28)25-11-13-29-14-12-25/h3,5-6,15,20H,1-2,4,7-14,16-17H2,(H,23,27). The molecule has 0 aliphatic carbocycles. The van der Waals surface area contributed by atoms with E-state index in [9.17, 15) is 9.59 Å². The van der Waals surface area contributed by atoms with Gasteiger partial charge in [0.25, 0.3) is 5.91 Å². The van der Waals surface area contributed by atoms with Crippen LogP contribution in [-0.2, 0) is 4.79 Å². The number of carbonyl (C=O) groups is 2. The molecular formula is C22H32N4O2S. The molecule has 0 aromatic heterocycles. The highest BCUT2D eigenvalue weighted by atomic mass is 32.2. The molecule has 1 unspecified atom stereocenters. The van der Waals surface area contributed by atoms with E-state index in [2.05, 4.69) is 15.1 Å². The van der Waals surface area contributed by atoms with Crippen molar-refractivity contribution in [3.05, 3.63) is 29.8 Å². The van der Waals surface area contributed by atoms with E-state index in [4.69, 9.17) is 0 Å². The molecule has 2 amide bonds. The first kappa shape index (κ1) is 20.7. The van der Waals surface area contributed by atoms with E-state index in [1.54, 1.807) is 0 Å². The molecule has 4 rings (SSSR count). The molecule has 1 aromatic rings. The molecule has 3 aliphatic rings. The van der Waals surface area contributed by atoms with Gasteiger partial charge in [-0.2, -0.15) is 11.8 Å². The van der Waals surface area contributed by atoms with Gasteiger partial charge >= 0.3 is 0 Å². The number of nitrogens with one attached hydrogen (secondary N) is 1. The quantitative estimate of drug-likeness (QED) is 0.772. The molecule has 0 saturated carbocycles. The van der Waals surface area contributed by atoms with Crippen molar-refractivity contribution in [2.24, 2.45) is 0 Å². The zero-order chi connectivity index (χ0) is 20.1. The number of carbonyl (C=O) groups excluding carboxylic acids is 2. The van der Waals surface area contributed by atoms with Gasteiger partial charge in [-0.1, -0.05) is 6.07 Å². The van der Waals surface area contributed by atoms with E-state index < -0.39 is 0 Å². The number of nitrogens with zero attached hydrogens (tertiary/aromatic N) is 3. The van der Waals surface area contributed by atoms with Crippen LogP contribution in [0.2, 0.25) is 0 Å². The number of hydrogen-bond donors (Lipinski definition) is 1. The minimum atomic E-state index is 0.0114. The second-order valence-electron chi connectivity index (χ2n) is 8.31. The van der Waals surface area contributed by atoms with Crippen LogP contribution >= 0.6 is 11.8 Å². The van der Waals surface area contributed by atoms with Gasteiger partial charge in [0.1, 0.15) is 0 Å². The van der Waals surface area contributed by atoms with Crippen LogP contribution in [-0.4, -0.2) is 89.9 Å². The number of thioether (sulfide) groups is 1. The summed E-state index contributed by atoms with van der Waals surface area (Å²) in [5.41, 5.74) is 1.37. The first-order chi connectivity index (χ1) is 14.2. The normalized spacial score (nSPS) is 23.4. The summed E-state index contributed by atoms with van der Waals surface area (Å²) in [4.78, 5) is 32.2. The molecule has 0 spiro atoms. The Kier molecular flexibility index (Phi) is 7.11. The predicted molar refractivity (Wildman–Crippen MR) is 119 cm³/mol. The molecule has 7 heteroatoms. The second-order valence-corrected chi connectivity index (χ2v) is 9.53. The zero-order valence-corrected chi connectivity index (χ0v) is 18.0. The van der Waals surface area contributed by atoms with Gasteiger partial charge in [0, 0.05) is 48.4 Å². The van der Waals surface area contributed by atoms with Gasteiger partial charge in [-0.05, 0) is 63.5 Å². The molecule has 3 heterocycles. The van der Waals surface area contributed by atoms with Crippen LogP contribution < -0.4 is 5.32 Å². The van der Waals surface area contributed by atoms with Crippen LogP contribution in [0, 0.1) is 0 Å². The maximum absolute atomic E-state index is 12.7. The highest BCUT2D eigenvalue weighted by Gasteiger charge is 2.28. The van der Waals surface area contributed by atoms with Crippen molar-refractivity contribution in [2.45, 2.75) is 31.7 Å². The number of likely N-dealkylation sites (tertiary alicyclic amines) is 2. The highest BCUT2D eigenvalue weighted by molar-refractivity contribution is 7.99. The smallest absolute Gasteiger partial charge is 0.253 e. The predicted octanol–water partition coefficient (Wildman–Crippen LogP) is 2.37. The number of anilines is 1. The van der Waals surface area contributed by atoms with Crippen LogP contribution in [0.25, 0.3) is 0 Å². The van der Waals surface area contributed by atoms with Crippen molar-refractivity contribution in [1.29, 1.82) is 0 Å². The fourth-order valence-corrected chi connectivity index (χ4v) is 5.54. The average Bonchev–Trinajstić information content (AvgIpc) is 3.41. The van der Waals surface area contributed by atoms with E-state index in [1.807, 2.05) is 40.9 Å². The third kappa shape index (κ3) is 5.53. The van der Waals surface area contributed by atoms with Crippen LogP contribution in [0.5, 0.6) is 0 Å². The van der Waals surface area contributed by atoms with Crippen molar-refractivity contribution < 1.29 is 9.59 Å². The summed E-state index contributed by atoms with van der Waals surface area (Å²) in [6.07, 6.45) is 4.96. The molecule has 1 aromatic carbocycles. The Morgan fingerprint density at radius 1 is 1.03 bits per heavy atom. The molecule has 0 radical (unpaired) electrons. The van der Waals surface area contributed by atoms with Gasteiger partial charge in [-0.25, -0.2) is 0 Å². The van der Waals surface area contributed by atoms with Crippen LogP contribution in [0.4, 0.5) is 5.69 Å². The van der Waals surface area contributed by atoms with Crippen molar-refractivity contribution >= 4 is 29.3 Å². The van der Waals surface area contributed by atoms with Crippen LogP contribution in [0.3, 0.4) is 0 Å². The molecule has 6 nitrogen and oxygen atoms in total. The summed E-state index contributed by atoms with van der Waals surface area (Å²) in [6, 6.07) is 7.86. The molecule has 158 valence electrons. The number of rotatable bonds is 6. The fraction of sp³-hybridized carbons (Fsp3) is 0.636. The fourth-order valence-electron chi connectivity index (χ4n) is 4.64. The largest absolute Gasteiger partial charge is 0.337 e. The average molecular weight is 417 g/mol. The molecule has 1 N–H and O–H groups in total. The Bertz CT molecular complexity index is 717. The lowest BCUT2D eigenvalue weighted by atomic mass is 10.1. The molecule has 3 aliphatic heterocycles. The van der Waals surface area contributed by atoms with Crippen LogP contribution in [0.1, 0.15) is 36.0 Å². The SMILES string of the molecule is O=C(CN1CCCC1CN1CCCC1)Nc1cccc(C(=O)N2CCSCC2)c1. The first-order valence-electron chi connectivity index (χ1n) is 10.9. The summed E-state index contributed by atoms with van der Waals surface area (Å²) in [5, 5.41) is 3.01. The Labute approximate surface area is 178 Å². The topological polar surface area (TPSA) is 55.9 Å². The first-order valence-corrected chi connectivity index (χ1v) is 12.1. The van der Waals surface area contributed by atoms with Crippen molar-refractivity contribution in [1.82, 2.24) is 14.7 Å². The summed E-state index contributed by atoms with van der Waals surface area (Å²) in [6.45, 7) is 6.52. The minimum absolute atomic E-state index is 0.0114. The van der Waals surface area contributed by atoms with Gasteiger partial charge < -0.3 is 15.1 Å². The zero-order valence-electron chi connectivity index (χ0n) is 17.1. The lowest BCUT2D eigenvalue weighted by Crippen LogP contribution is -2.42. The number of benzene rings is 1. The maximum Gasteiger partial charge on any atom is 0.253 e. The minimum Gasteiger partial charge on any atom is -0.337 e. The third-order valence-electron chi connectivity index (χ3n) is 6.20. The van der Waals surface area contributed by atoms with Gasteiger partial charge in [-0.3, -0.25) is 14.5 Å². The monoisotopic (exact) mass is 416 g/mol. The van der Waals surface area contributed by atoms with E-state index in [0.29, 0.717) is 23.8 Å². The van der Waals surface area contributed by atoms with Gasteiger partial charge in [0.15, 0.2) is 0 Å². The molecule has 3 fully saturated rings. The third-order valence-corrected chi connectivity index (χ3v) is 7.15. The Morgan fingerprint density at radius 3 is 2.62 bits per heavy atom. The molecule has 3 saturated heterocycles. The molecule has 29 heavy (non-hydrogen) atoms. The number of hydrogen-bond acceptors (Lipinski definition) is 5. The van der Waals surface area contributed by atoms with Gasteiger partial charge in [0.05, 0.1) is 6.54 Å². The lowest BCUT2D eigenvalue weighted by molar-refractivity contribution is -0.117. The van der Waals surface area contributed by atoms with Crippen molar-refractivity contribution in [3.8, 4) is 0 Å². The van der Waals surface area contributed by atoms with Crippen molar-refractivity contribution in [3.63, 3.8) is 0 Å². The molecule has 0 bridgehead atoms. The summed E-state index contributed by atoms with van der Waals surface area (Å²) >= 11 is 1.89. The van der Waals surface area contributed by atoms with E-state index in [0.717, 1.165) is 37.7 Å². The van der Waals surface area contributed by atoms with E-state index in [1.165, 1.54) is 38.8 Å². The van der Waals surface area contributed by atoms with Crippen LogP contribution in [0.15, 0.2) is 24.3 Å². The number of amides is 2. The van der Waals surface area contributed by atoms with Crippen molar-refractivity contribution in [2.75, 3.05) is 62.6 Å². The second kappa shape index (κ2) is 9.96. The summed E-state index contributed by atoms with van der Waals surface area (Å²) in [7, 11) is 0. The Balaban J connectivity index is 1.31. The van der Waals surface area contributed by atoms with Gasteiger partial charge in [0.2, 0.25) is 5.91 Å². The maximum atomic E-state index is 12.7. The Hall–Kier alpha value is -1.57. The molecular weight excluding hydrogens is 384 g/mol. The lowest BCUT2D eigenvalue weighted by Gasteiger charge is -2.28.